The molecule has 1 rings (SSSR count). The zero-order valence-electron chi connectivity index (χ0n) is 13.3. The van der Waals surface area contributed by atoms with Gasteiger partial charge in [-0.2, -0.15) is 13.2 Å². The first-order chi connectivity index (χ1) is 11.2. The van der Waals surface area contributed by atoms with E-state index in [9.17, 15) is 22.8 Å². The zero-order chi connectivity index (χ0) is 18.2. The van der Waals surface area contributed by atoms with Crippen LogP contribution in [0.3, 0.4) is 0 Å². The number of hydrazine groups is 1. The molecule has 0 aliphatic rings. The highest BCUT2D eigenvalue weighted by molar-refractivity contribution is 5.82. The number of nitrogens with one attached hydrogen (secondary N) is 2. The van der Waals surface area contributed by atoms with Crippen molar-refractivity contribution >= 4 is 11.8 Å². The summed E-state index contributed by atoms with van der Waals surface area (Å²) in [7, 11) is 0. The summed E-state index contributed by atoms with van der Waals surface area (Å²) in [5.74, 6) is -0.745. The van der Waals surface area contributed by atoms with Gasteiger partial charge in [0.15, 0.2) is 6.61 Å². The number of ether oxygens (including phenoxy) is 2. The van der Waals surface area contributed by atoms with Crippen molar-refractivity contribution < 1.29 is 32.2 Å². The maximum Gasteiger partial charge on any atom is 0.411 e. The fourth-order valence-electron chi connectivity index (χ4n) is 1.76. The maximum absolute atomic E-state index is 11.8. The largest absolute Gasteiger partial charge is 0.484 e. The van der Waals surface area contributed by atoms with Crippen molar-refractivity contribution in [3.63, 3.8) is 0 Å². The molecule has 6 nitrogen and oxygen atoms in total. The van der Waals surface area contributed by atoms with Crippen LogP contribution in [0.5, 0.6) is 5.75 Å². The highest BCUT2D eigenvalue weighted by Gasteiger charge is 2.27. The number of hydrogen-bond donors (Lipinski definition) is 2. The van der Waals surface area contributed by atoms with Crippen molar-refractivity contribution in [2.75, 3.05) is 19.8 Å². The summed E-state index contributed by atoms with van der Waals surface area (Å²) in [4.78, 5) is 22.8. The first-order valence-electron chi connectivity index (χ1n) is 7.09. The van der Waals surface area contributed by atoms with Gasteiger partial charge in [-0.3, -0.25) is 20.4 Å². The van der Waals surface area contributed by atoms with Crippen molar-refractivity contribution in [1.29, 1.82) is 0 Å². The van der Waals surface area contributed by atoms with Gasteiger partial charge in [0.2, 0.25) is 5.91 Å². The molecule has 0 saturated carbocycles. The molecule has 9 heteroatoms. The number of carbonyl (C=O) groups excluding carboxylic acids is 2. The Kier molecular flexibility index (Phi) is 7.50. The molecule has 0 aliphatic carbocycles. The fraction of sp³-hybridized carbons (Fsp3) is 0.467. The van der Waals surface area contributed by atoms with Crippen LogP contribution >= 0.6 is 0 Å². The Bertz CT molecular complexity index is 556. The molecule has 1 aromatic rings. The minimum atomic E-state index is -4.43. The van der Waals surface area contributed by atoms with Gasteiger partial charge in [0.05, 0.1) is 13.0 Å². The minimum absolute atomic E-state index is 0.311. The Morgan fingerprint density at radius 2 is 1.62 bits per heavy atom. The molecule has 0 unspecified atom stereocenters. The van der Waals surface area contributed by atoms with Crippen LogP contribution in [0, 0.1) is 13.8 Å². The number of halogens is 3. The molecule has 0 radical (unpaired) electrons. The van der Waals surface area contributed by atoms with Gasteiger partial charge in [-0.05, 0) is 37.1 Å². The van der Waals surface area contributed by atoms with E-state index < -0.39 is 31.2 Å². The summed E-state index contributed by atoms with van der Waals surface area (Å²) >= 11 is 0. The average Bonchev–Trinajstić information content (AvgIpc) is 2.45. The van der Waals surface area contributed by atoms with E-state index in [0.717, 1.165) is 11.1 Å². The van der Waals surface area contributed by atoms with E-state index in [1.54, 1.807) is 12.1 Å². The van der Waals surface area contributed by atoms with Crippen molar-refractivity contribution in [3.05, 3.63) is 29.3 Å². The van der Waals surface area contributed by atoms with Crippen LogP contribution in [0.2, 0.25) is 0 Å². The smallest absolute Gasteiger partial charge is 0.411 e. The first-order valence-corrected chi connectivity index (χ1v) is 7.09. The molecule has 0 heterocycles. The molecule has 2 N–H and O–H groups in total. The Hall–Kier alpha value is -2.29. The van der Waals surface area contributed by atoms with Crippen LogP contribution in [0.15, 0.2) is 18.2 Å². The molecule has 0 bridgehead atoms. The number of amides is 2. The number of aryl methyl sites for hydroxylation is 2. The number of rotatable bonds is 7. The third-order valence-electron chi connectivity index (χ3n) is 2.65. The van der Waals surface area contributed by atoms with E-state index in [1.807, 2.05) is 19.9 Å². The normalized spacial score (nSPS) is 11.0. The predicted molar refractivity (Wildman–Crippen MR) is 79.2 cm³/mol. The van der Waals surface area contributed by atoms with E-state index in [4.69, 9.17) is 4.74 Å². The Morgan fingerprint density at radius 3 is 2.21 bits per heavy atom. The molecular formula is C15H19F3N2O4. The minimum Gasteiger partial charge on any atom is -0.484 e. The topological polar surface area (TPSA) is 76.7 Å². The zero-order valence-corrected chi connectivity index (χ0v) is 13.3. The van der Waals surface area contributed by atoms with E-state index in [1.165, 1.54) is 0 Å². The predicted octanol–water partition coefficient (Wildman–Crippen LogP) is 1.80. The SMILES string of the molecule is Cc1cc(C)cc(OCC(=O)NNC(=O)CCOCC(F)(F)F)c1. The summed E-state index contributed by atoms with van der Waals surface area (Å²) in [6.07, 6.45) is -4.75. The number of hydrogen-bond acceptors (Lipinski definition) is 4. The Balaban J connectivity index is 2.20. The molecule has 0 saturated heterocycles. The van der Waals surface area contributed by atoms with E-state index in [2.05, 4.69) is 15.6 Å². The van der Waals surface area contributed by atoms with Gasteiger partial charge in [-0.1, -0.05) is 6.07 Å². The second kappa shape index (κ2) is 9.11. The van der Waals surface area contributed by atoms with E-state index in [-0.39, 0.29) is 13.0 Å². The molecule has 0 atom stereocenters. The van der Waals surface area contributed by atoms with Crippen molar-refractivity contribution in [2.45, 2.75) is 26.4 Å². The lowest BCUT2D eigenvalue weighted by Gasteiger charge is -2.10. The van der Waals surface area contributed by atoms with Gasteiger partial charge < -0.3 is 9.47 Å². The number of alkyl halides is 3. The lowest BCUT2D eigenvalue weighted by Crippen LogP contribution is -2.44. The van der Waals surface area contributed by atoms with Crippen molar-refractivity contribution in [2.24, 2.45) is 0 Å². The van der Waals surface area contributed by atoms with Crippen molar-refractivity contribution in [1.82, 2.24) is 10.9 Å². The molecule has 134 valence electrons. The molecule has 0 spiro atoms. The van der Waals surface area contributed by atoms with Crippen LogP contribution < -0.4 is 15.6 Å². The van der Waals surface area contributed by atoms with Crippen LogP contribution in [0.25, 0.3) is 0 Å². The summed E-state index contributed by atoms with van der Waals surface area (Å²) < 4.78 is 45.0. The Labute approximate surface area is 137 Å². The Morgan fingerprint density at radius 1 is 1.04 bits per heavy atom. The molecule has 24 heavy (non-hydrogen) atoms. The standard InChI is InChI=1S/C15H19F3N2O4/c1-10-5-11(2)7-12(6-10)24-8-14(22)20-19-13(21)3-4-23-9-15(16,17)18/h5-7H,3-4,8-9H2,1-2H3,(H,19,21)(H,20,22). The second-order valence-corrected chi connectivity index (χ2v) is 5.13. The molecule has 0 fully saturated rings. The lowest BCUT2D eigenvalue weighted by atomic mass is 10.1. The van der Waals surface area contributed by atoms with Crippen LogP contribution in [0.4, 0.5) is 13.2 Å². The second-order valence-electron chi connectivity index (χ2n) is 5.13. The lowest BCUT2D eigenvalue weighted by molar-refractivity contribution is -0.174. The number of benzene rings is 1. The third kappa shape index (κ3) is 8.99. The summed E-state index contributed by atoms with van der Waals surface area (Å²) in [5.41, 5.74) is 6.12. The molecule has 2 amide bonds. The van der Waals surface area contributed by atoms with Gasteiger partial charge >= 0.3 is 6.18 Å². The fourth-order valence-corrected chi connectivity index (χ4v) is 1.76. The third-order valence-corrected chi connectivity index (χ3v) is 2.65. The van der Waals surface area contributed by atoms with Gasteiger partial charge in [0, 0.05) is 0 Å². The van der Waals surface area contributed by atoms with E-state index in [0.29, 0.717) is 5.75 Å². The molecule has 0 aromatic heterocycles. The summed E-state index contributed by atoms with van der Waals surface area (Å²) in [6, 6.07) is 5.47. The highest BCUT2D eigenvalue weighted by Crippen LogP contribution is 2.16. The summed E-state index contributed by atoms with van der Waals surface area (Å²) in [6.45, 7) is 1.65. The van der Waals surface area contributed by atoms with Crippen molar-refractivity contribution in [3.8, 4) is 5.75 Å². The van der Waals surface area contributed by atoms with Gasteiger partial charge in [0.1, 0.15) is 12.4 Å². The van der Waals surface area contributed by atoms with Gasteiger partial charge in [-0.25, -0.2) is 0 Å². The van der Waals surface area contributed by atoms with Gasteiger partial charge in [-0.15, -0.1) is 0 Å². The monoisotopic (exact) mass is 348 g/mol. The van der Waals surface area contributed by atoms with Gasteiger partial charge in [0.25, 0.3) is 5.91 Å². The number of carbonyl (C=O) groups is 2. The van der Waals surface area contributed by atoms with Crippen LogP contribution in [-0.4, -0.2) is 37.8 Å². The van der Waals surface area contributed by atoms with Crippen LogP contribution in [0.1, 0.15) is 17.5 Å². The van der Waals surface area contributed by atoms with E-state index >= 15 is 0 Å². The average molecular weight is 348 g/mol. The molecular weight excluding hydrogens is 329 g/mol. The summed E-state index contributed by atoms with van der Waals surface area (Å²) in [5, 5.41) is 0. The molecule has 1 aromatic carbocycles. The maximum atomic E-state index is 11.8. The van der Waals surface area contributed by atoms with Crippen LogP contribution in [-0.2, 0) is 14.3 Å². The first kappa shape index (κ1) is 19.8. The highest BCUT2D eigenvalue weighted by atomic mass is 19.4. The molecule has 0 aliphatic heterocycles. The quantitative estimate of drug-likeness (QED) is 0.582.